The van der Waals surface area contributed by atoms with Crippen molar-refractivity contribution >= 4 is 5.91 Å². The van der Waals surface area contributed by atoms with Gasteiger partial charge in [0.15, 0.2) is 0 Å². The van der Waals surface area contributed by atoms with Crippen LogP contribution in [0.5, 0.6) is 0 Å². The van der Waals surface area contributed by atoms with Gasteiger partial charge in [0.1, 0.15) is 0 Å². The molecule has 1 fully saturated rings. The molecule has 4 heteroatoms. The van der Waals surface area contributed by atoms with Crippen LogP contribution < -0.4 is 0 Å². The van der Waals surface area contributed by atoms with Crippen LogP contribution in [0.15, 0.2) is 30.3 Å². The summed E-state index contributed by atoms with van der Waals surface area (Å²) < 4.78 is 5.40. The van der Waals surface area contributed by atoms with E-state index in [0.717, 1.165) is 12.0 Å². The Morgan fingerprint density at radius 2 is 2.10 bits per heavy atom. The molecule has 20 heavy (non-hydrogen) atoms. The van der Waals surface area contributed by atoms with Crippen molar-refractivity contribution in [2.24, 2.45) is 0 Å². The molecule has 2 atom stereocenters. The molecule has 1 N–H and O–H groups in total. The van der Waals surface area contributed by atoms with Crippen molar-refractivity contribution < 1.29 is 14.6 Å². The summed E-state index contributed by atoms with van der Waals surface area (Å²) in [6, 6.07) is 9.50. The lowest BCUT2D eigenvalue weighted by Crippen LogP contribution is -2.42. The van der Waals surface area contributed by atoms with Gasteiger partial charge in [0, 0.05) is 19.2 Å². The third-order valence-corrected chi connectivity index (χ3v) is 3.90. The van der Waals surface area contributed by atoms with Gasteiger partial charge in [-0.1, -0.05) is 30.3 Å². The van der Waals surface area contributed by atoms with Crippen LogP contribution >= 0.6 is 0 Å². The van der Waals surface area contributed by atoms with Gasteiger partial charge >= 0.3 is 0 Å². The molecule has 0 aromatic heterocycles. The van der Waals surface area contributed by atoms with Crippen molar-refractivity contribution in [3.05, 3.63) is 35.9 Å². The number of amides is 1. The molecule has 0 bridgehead atoms. The van der Waals surface area contributed by atoms with Crippen molar-refractivity contribution in [3.8, 4) is 0 Å². The van der Waals surface area contributed by atoms with Crippen LogP contribution in [-0.4, -0.2) is 41.7 Å². The summed E-state index contributed by atoms with van der Waals surface area (Å²) in [6.45, 7) is 5.59. The van der Waals surface area contributed by atoms with Gasteiger partial charge in [-0.05, 0) is 25.8 Å². The Morgan fingerprint density at radius 3 is 2.80 bits per heavy atom. The van der Waals surface area contributed by atoms with E-state index in [1.54, 1.807) is 6.92 Å². The summed E-state index contributed by atoms with van der Waals surface area (Å²) in [4.78, 5) is 14.3. The second kappa shape index (κ2) is 6.37. The second-order valence-corrected chi connectivity index (χ2v) is 5.65. The Labute approximate surface area is 120 Å². The highest BCUT2D eigenvalue weighted by atomic mass is 16.5. The summed E-state index contributed by atoms with van der Waals surface area (Å²) in [5.74, 6) is -0.0168. The number of carbonyl (C=O) groups excluding carboxylic acids is 1. The van der Waals surface area contributed by atoms with E-state index in [0.29, 0.717) is 19.8 Å². The molecule has 0 spiro atoms. The number of nitrogens with zero attached hydrogens (tertiary/aromatic N) is 1. The van der Waals surface area contributed by atoms with Crippen LogP contribution in [0.4, 0.5) is 0 Å². The lowest BCUT2D eigenvalue weighted by Gasteiger charge is -2.31. The Balaban J connectivity index is 2.06. The lowest BCUT2D eigenvalue weighted by atomic mass is 9.92. The predicted octanol–water partition coefficient (Wildman–Crippen LogP) is 1.92. The fraction of sp³-hybridized carbons (Fsp3) is 0.562. The predicted molar refractivity (Wildman–Crippen MR) is 77.2 cm³/mol. The molecule has 1 heterocycles. The topological polar surface area (TPSA) is 49.8 Å². The zero-order chi connectivity index (χ0) is 14.6. The third-order valence-electron chi connectivity index (χ3n) is 3.90. The van der Waals surface area contributed by atoms with Gasteiger partial charge in [-0.3, -0.25) is 4.79 Å². The minimum Gasteiger partial charge on any atom is -0.385 e. The fourth-order valence-electron chi connectivity index (χ4n) is 2.56. The van der Waals surface area contributed by atoms with Crippen molar-refractivity contribution in [2.75, 3.05) is 19.8 Å². The highest BCUT2D eigenvalue weighted by molar-refractivity contribution is 5.77. The van der Waals surface area contributed by atoms with E-state index in [1.807, 2.05) is 42.2 Å². The molecule has 0 aliphatic carbocycles. The van der Waals surface area contributed by atoms with E-state index in [-0.39, 0.29) is 18.4 Å². The molecular weight excluding hydrogens is 254 g/mol. The molecular formula is C16H23NO3. The first-order valence-corrected chi connectivity index (χ1v) is 7.16. The summed E-state index contributed by atoms with van der Waals surface area (Å²) in [6.07, 6.45) is 0.945. The van der Waals surface area contributed by atoms with Crippen LogP contribution in [0.2, 0.25) is 0 Å². The smallest absolute Gasteiger partial charge is 0.226 e. The number of rotatable bonds is 3. The first kappa shape index (κ1) is 15.0. The molecule has 1 aromatic rings. The molecule has 1 aromatic carbocycles. The molecule has 110 valence electrons. The van der Waals surface area contributed by atoms with Crippen LogP contribution in [0.1, 0.15) is 32.3 Å². The first-order chi connectivity index (χ1) is 9.50. The van der Waals surface area contributed by atoms with Crippen LogP contribution in [0.3, 0.4) is 0 Å². The number of aliphatic hydroxyl groups is 1. The highest BCUT2D eigenvalue weighted by Gasteiger charge is 2.31. The molecule has 1 aliphatic heterocycles. The molecule has 0 radical (unpaired) electrons. The number of benzene rings is 1. The Morgan fingerprint density at radius 1 is 1.40 bits per heavy atom. The zero-order valence-corrected chi connectivity index (χ0v) is 12.2. The first-order valence-electron chi connectivity index (χ1n) is 7.16. The average Bonchev–Trinajstić information content (AvgIpc) is 2.64. The van der Waals surface area contributed by atoms with Crippen molar-refractivity contribution in [3.63, 3.8) is 0 Å². The van der Waals surface area contributed by atoms with Crippen molar-refractivity contribution in [1.29, 1.82) is 0 Å². The van der Waals surface area contributed by atoms with Gasteiger partial charge in [0.25, 0.3) is 0 Å². The van der Waals surface area contributed by atoms with Crippen LogP contribution in [0, 0.1) is 0 Å². The highest BCUT2D eigenvalue weighted by Crippen LogP contribution is 2.26. The van der Waals surface area contributed by atoms with Crippen molar-refractivity contribution in [1.82, 2.24) is 4.90 Å². The van der Waals surface area contributed by atoms with Gasteiger partial charge in [0.05, 0.1) is 18.6 Å². The van der Waals surface area contributed by atoms with E-state index in [1.165, 1.54) is 0 Å². The second-order valence-electron chi connectivity index (χ2n) is 5.65. The minimum atomic E-state index is -1.13. The van der Waals surface area contributed by atoms with E-state index in [2.05, 4.69) is 0 Å². The zero-order valence-electron chi connectivity index (χ0n) is 12.2. The quantitative estimate of drug-likeness (QED) is 0.918. The molecule has 0 saturated carbocycles. The minimum absolute atomic E-state index is 0.0168. The van der Waals surface area contributed by atoms with Gasteiger partial charge in [0.2, 0.25) is 5.91 Å². The monoisotopic (exact) mass is 277 g/mol. The Kier molecular flexibility index (Phi) is 4.78. The number of carbonyl (C=O) groups is 1. The average molecular weight is 277 g/mol. The lowest BCUT2D eigenvalue weighted by molar-refractivity contribution is -0.138. The van der Waals surface area contributed by atoms with Gasteiger partial charge in [-0.25, -0.2) is 0 Å². The maximum absolute atomic E-state index is 12.5. The standard InChI is InChI=1S/C16H23NO3/c1-13-8-10-20-11-9-17(13)15(18)12-16(2,19)14-6-4-3-5-7-14/h3-7,13,19H,8-12H2,1-2H3. The molecule has 4 nitrogen and oxygen atoms in total. The molecule has 1 aliphatic rings. The number of ether oxygens (including phenoxy) is 1. The van der Waals surface area contributed by atoms with E-state index in [4.69, 9.17) is 4.74 Å². The maximum atomic E-state index is 12.5. The van der Waals surface area contributed by atoms with Gasteiger partial charge in [-0.2, -0.15) is 0 Å². The number of hydrogen-bond acceptors (Lipinski definition) is 3. The summed E-state index contributed by atoms with van der Waals surface area (Å²) in [5, 5.41) is 10.6. The van der Waals surface area contributed by atoms with E-state index in [9.17, 15) is 9.90 Å². The normalized spacial score (nSPS) is 22.9. The third kappa shape index (κ3) is 3.58. The van der Waals surface area contributed by atoms with E-state index < -0.39 is 5.60 Å². The Bertz CT molecular complexity index is 444. The molecule has 2 rings (SSSR count). The Hall–Kier alpha value is -1.39. The molecule has 1 amide bonds. The summed E-state index contributed by atoms with van der Waals surface area (Å²) >= 11 is 0. The van der Waals surface area contributed by atoms with Gasteiger partial charge in [-0.15, -0.1) is 0 Å². The maximum Gasteiger partial charge on any atom is 0.226 e. The SMILES string of the molecule is CC1CCOCCN1C(=O)CC(C)(O)c1ccccc1. The summed E-state index contributed by atoms with van der Waals surface area (Å²) in [5.41, 5.74) is -0.363. The largest absolute Gasteiger partial charge is 0.385 e. The summed E-state index contributed by atoms with van der Waals surface area (Å²) in [7, 11) is 0. The van der Waals surface area contributed by atoms with Crippen LogP contribution in [-0.2, 0) is 15.1 Å². The number of hydrogen-bond donors (Lipinski definition) is 1. The molecule has 2 unspecified atom stereocenters. The van der Waals surface area contributed by atoms with Crippen molar-refractivity contribution in [2.45, 2.75) is 38.3 Å². The van der Waals surface area contributed by atoms with E-state index >= 15 is 0 Å². The molecule has 1 saturated heterocycles. The van der Waals surface area contributed by atoms with Gasteiger partial charge < -0.3 is 14.7 Å². The fourth-order valence-corrected chi connectivity index (χ4v) is 2.56. The van der Waals surface area contributed by atoms with Crippen LogP contribution in [0.25, 0.3) is 0 Å².